The lowest BCUT2D eigenvalue weighted by molar-refractivity contribution is 0.0570. The van der Waals surface area contributed by atoms with Crippen molar-refractivity contribution in [2.24, 2.45) is 0 Å². The van der Waals surface area contributed by atoms with Gasteiger partial charge in [0.25, 0.3) is 15.9 Å². The number of halogens is 1. The number of sulfonamides is 1. The molecule has 0 aliphatic carbocycles. The zero-order chi connectivity index (χ0) is 26.0. The highest BCUT2D eigenvalue weighted by Gasteiger charge is 2.33. The van der Waals surface area contributed by atoms with Gasteiger partial charge >= 0.3 is 0 Å². The minimum atomic E-state index is -4.02. The van der Waals surface area contributed by atoms with E-state index in [9.17, 15) is 18.0 Å². The molecule has 1 fully saturated rings. The molecule has 2 aromatic heterocycles. The molecule has 37 heavy (non-hydrogen) atoms. The van der Waals surface area contributed by atoms with Gasteiger partial charge in [-0.1, -0.05) is 29.8 Å². The first-order chi connectivity index (χ1) is 17.8. The zero-order valence-corrected chi connectivity index (χ0v) is 21.0. The molecule has 4 aromatic rings. The van der Waals surface area contributed by atoms with Crippen LogP contribution in [0.5, 0.6) is 0 Å². The molecule has 1 unspecified atom stereocenters. The monoisotopic (exact) mass is 535 g/mol. The summed E-state index contributed by atoms with van der Waals surface area (Å²) < 4.78 is 28.8. The van der Waals surface area contributed by atoms with Crippen molar-refractivity contribution in [3.05, 3.63) is 95.4 Å². The van der Waals surface area contributed by atoms with E-state index < -0.39 is 16.1 Å². The summed E-state index contributed by atoms with van der Waals surface area (Å²) in [6.45, 7) is 1.19. The largest absolute Gasteiger partial charge is 0.326 e. The number of para-hydroxylation sites is 1. The number of fused-ring (bicyclic) bond motifs is 1. The van der Waals surface area contributed by atoms with E-state index in [1.54, 1.807) is 36.4 Å². The number of ketones is 1. The molecule has 9 nitrogen and oxygen atoms in total. The number of hydrogen-bond donors (Lipinski definition) is 2. The third-order valence-corrected chi connectivity index (χ3v) is 7.83. The Morgan fingerprint density at radius 1 is 1.00 bits per heavy atom. The fourth-order valence-corrected chi connectivity index (χ4v) is 5.82. The fraction of sp³-hybridized carbons (Fsp3) is 0.154. The molecule has 0 radical (unpaired) electrons. The summed E-state index contributed by atoms with van der Waals surface area (Å²) in [6.07, 6.45) is 4.59. The Morgan fingerprint density at radius 3 is 2.57 bits per heavy atom. The summed E-state index contributed by atoms with van der Waals surface area (Å²) in [5.41, 5.74) is 1.17. The highest BCUT2D eigenvalue weighted by Crippen LogP contribution is 2.29. The standard InChI is InChI=1S/C26H22ClN5O4S/c27-20-15-19(26(34)32-14-13-29-16-22(32)25(33)18-8-11-28-12-9-18)6-7-21(20)31-37(35,36)23-5-1-3-17-4-2-10-30-24(17)23/h1-12,15,22,29,31H,13-14,16H2. The van der Waals surface area contributed by atoms with Gasteiger partial charge in [-0.25, -0.2) is 8.42 Å². The number of amides is 1. The summed E-state index contributed by atoms with van der Waals surface area (Å²) in [6, 6.07) is 15.2. The molecule has 0 bridgehead atoms. The summed E-state index contributed by atoms with van der Waals surface area (Å²) in [4.78, 5) is 36.1. The molecule has 1 aliphatic heterocycles. The second-order valence-corrected chi connectivity index (χ2v) is 10.5. The number of aromatic nitrogens is 2. The number of piperazine rings is 1. The molecule has 11 heteroatoms. The smallest absolute Gasteiger partial charge is 0.264 e. The Kier molecular flexibility index (Phi) is 6.88. The Balaban J connectivity index is 1.39. The maximum atomic E-state index is 13.4. The number of nitrogens with zero attached hydrogens (tertiary/aromatic N) is 3. The molecule has 1 amide bonds. The van der Waals surface area contributed by atoms with Crippen molar-refractivity contribution in [2.45, 2.75) is 10.9 Å². The highest BCUT2D eigenvalue weighted by molar-refractivity contribution is 7.93. The molecule has 2 N–H and O–H groups in total. The van der Waals surface area contributed by atoms with Crippen LogP contribution in [0.15, 0.2) is 84.1 Å². The summed E-state index contributed by atoms with van der Waals surface area (Å²) in [7, 11) is -4.02. The number of Topliss-reactive ketones (excluding diaryl/α,β-unsaturated/α-hetero) is 1. The van der Waals surface area contributed by atoms with Crippen LogP contribution in [0.25, 0.3) is 10.9 Å². The highest BCUT2D eigenvalue weighted by atomic mass is 35.5. The lowest BCUT2D eigenvalue weighted by Gasteiger charge is -2.35. The normalized spacial score (nSPS) is 15.9. The van der Waals surface area contributed by atoms with Crippen molar-refractivity contribution in [2.75, 3.05) is 24.4 Å². The quantitative estimate of drug-likeness (QED) is 0.363. The van der Waals surface area contributed by atoms with Gasteiger partial charge in [0.2, 0.25) is 0 Å². The van der Waals surface area contributed by atoms with E-state index in [-0.39, 0.29) is 32.9 Å². The van der Waals surface area contributed by atoms with Crippen LogP contribution < -0.4 is 10.0 Å². The number of benzene rings is 2. The predicted octanol–water partition coefficient (Wildman–Crippen LogP) is 3.38. The maximum Gasteiger partial charge on any atom is 0.264 e. The number of anilines is 1. The van der Waals surface area contributed by atoms with Gasteiger partial charge in [-0.3, -0.25) is 24.3 Å². The van der Waals surface area contributed by atoms with Crippen molar-refractivity contribution in [1.82, 2.24) is 20.2 Å². The predicted molar refractivity (Wildman–Crippen MR) is 140 cm³/mol. The Bertz CT molecular complexity index is 1590. The van der Waals surface area contributed by atoms with Crippen molar-refractivity contribution in [3.63, 3.8) is 0 Å². The summed E-state index contributed by atoms with van der Waals surface area (Å²) in [5.74, 6) is -0.564. The van der Waals surface area contributed by atoms with E-state index in [1.807, 2.05) is 0 Å². The molecule has 188 valence electrons. The van der Waals surface area contributed by atoms with Crippen LogP contribution in [0.1, 0.15) is 20.7 Å². The molecule has 1 atom stereocenters. The average molecular weight is 536 g/mol. The van der Waals surface area contributed by atoms with Gasteiger partial charge in [-0.2, -0.15) is 0 Å². The second-order valence-electron chi connectivity index (χ2n) is 8.45. The van der Waals surface area contributed by atoms with Crippen molar-refractivity contribution >= 4 is 49.9 Å². The number of nitrogens with one attached hydrogen (secondary N) is 2. The van der Waals surface area contributed by atoms with Crippen molar-refractivity contribution in [3.8, 4) is 0 Å². The molecular formula is C26H22ClN5O4S. The van der Waals surface area contributed by atoms with Crippen LogP contribution in [0.3, 0.4) is 0 Å². The fourth-order valence-electron chi connectivity index (χ4n) is 4.28. The van der Waals surface area contributed by atoms with Gasteiger partial charge in [0.05, 0.1) is 16.2 Å². The molecule has 1 aliphatic rings. The van der Waals surface area contributed by atoms with Crippen LogP contribution in [0, 0.1) is 0 Å². The molecule has 1 saturated heterocycles. The molecular weight excluding hydrogens is 514 g/mol. The Hall–Kier alpha value is -3.86. The van der Waals surface area contributed by atoms with E-state index in [1.165, 1.54) is 47.8 Å². The number of pyridine rings is 2. The number of hydrogen-bond acceptors (Lipinski definition) is 7. The Morgan fingerprint density at radius 2 is 1.78 bits per heavy atom. The molecule has 3 heterocycles. The van der Waals surface area contributed by atoms with Crippen molar-refractivity contribution < 1.29 is 18.0 Å². The van der Waals surface area contributed by atoms with E-state index in [4.69, 9.17) is 11.6 Å². The molecule has 2 aromatic carbocycles. The third kappa shape index (κ3) is 5.04. The maximum absolute atomic E-state index is 13.4. The van der Waals surface area contributed by atoms with E-state index >= 15 is 0 Å². The SMILES string of the molecule is O=C(c1ccncc1)C1CNCCN1C(=O)c1ccc(NS(=O)(=O)c2cccc3cccnc23)c(Cl)c1. The van der Waals surface area contributed by atoms with Gasteiger partial charge in [0.1, 0.15) is 10.9 Å². The molecule has 0 saturated carbocycles. The summed E-state index contributed by atoms with van der Waals surface area (Å²) >= 11 is 6.42. The molecule has 0 spiro atoms. The minimum absolute atomic E-state index is 0.0140. The Labute approximate surface area is 218 Å². The van der Waals surface area contributed by atoms with Crippen LogP contribution in [0.2, 0.25) is 5.02 Å². The van der Waals surface area contributed by atoms with E-state index in [0.717, 1.165) is 0 Å². The van der Waals surface area contributed by atoms with Gasteiger partial charge in [0, 0.05) is 54.7 Å². The zero-order valence-electron chi connectivity index (χ0n) is 19.5. The van der Waals surface area contributed by atoms with Crippen molar-refractivity contribution in [1.29, 1.82) is 0 Å². The van der Waals surface area contributed by atoms with Crippen LogP contribution in [-0.2, 0) is 10.0 Å². The first kappa shape index (κ1) is 24.8. The number of carbonyl (C=O) groups excluding carboxylic acids is 2. The first-order valence-corrected chi connectivity index (χ1v) is 13.3. The van der Waals surface area contributed by atoms with Crippen LogP contribution in [-0.4, -0.2) is 60.7 Å². The van der Waals surface area contributed by atoms with Crippen LogP contribution in [0.4, 0.5) is 5.69 Å². The van der Waals surface area contributed by atoms with Gasteiger partial charge in [-0.15, -0.1) is 0 Å². The topological polar surface area (TPSA) is 121 Å². The van der Waals surface area contributed by atoms with E-state index in [2.05, 4.69) is 20.0 Å². The first-order valence-electron chi connectivity index (χ1n) is 11.5. The van der Waals surface area contributed by atoms with Gasteiger partial charge < -0.3 is 10.2 Å². The van der Waals surface area contributed by atoms with Gasteiger partial charge in [-0.05, 0) is 42.5 Å². The molecule has 5 rings (SSSR count). The minimum Gasteiger partial charge on any atom is -0.326 e. The lowest BCUT2D eigenvalue weighted by Crippen LogP contribution is -2.57. The number of rotatable bonds is 6. The average Bonchev–Trinajstić information content (AvgIpc) is 2.93. The van der Waals surface area contributed by atoms with Crippen LogP contribution >= 0.6 is 11.6 Å². The third-order valence-electron chi connectivity index (χ3n) is 6.12. The lowest BCUT2D eigenvalue weighted by atomic mass is 10.0. The number of carbonyl (C=O) groups is 2. The van der Waals surface area contributed by atoms with E-state index in [0.29, 0.717) is 36.1 Å². The van der Waals surface area contributed by atoms with Gasteiger partial charge in [0.15, 0.2) is 5.78 Å². The second kappa shape index (κ2) is 10.3. The summed E-state index contributed by atoms with van der Waals surface area (Å²) in [5, 5.41) is 3.89.